The first-order valence-corrected chi connectivity index (χ1v) is 12.9. The van der Waals surface area contributed by atoms with E-state index in [0.29, 0.717) is 49.3 Å². The third-order valence-corrected chi connectivity index (χ3v) is 6.90. The van der Waals surface area contributed by atoms with E-state index in [9.17, 15) is 18.4 Å². The van der Waals surface area contributed by atoms with Gasteiger partial charge in [0.05, 0.1) is 24.5 Å². The van der Waals surface area contributed by atoms with Crippen molar-refractivity contribution in [2.75, 3.05) is 25.5 Å². The molecular formula is C26H33F3N8O2. The molecule has 1 aliphatic rings. The predicted molar refractivity (Wildman–Crippen MR) is 140 cm³/mol. The minimum absolute atomic E-state index is 0.0484. The Labute approximate surface area is 224 Å². The number of alkyl halides is 2. The number of fused-ring (bicyclic) bond motifs is 1. The molecule has 3 heterocycles. The van der Waals surface area contributed by atoms with Gasteiger partial charge in [-0.05, 0) is 30.5 Å². The van der Waals surface area contributed by atoms with Gasteiger partial charge in [0.25, 0.3) is 6.43 Å². The molecule has 39 heavy (non-hydrogen) atoms. The molecule has 1 atom stereocenters. The highest BCUT2D eigenvalue weighted by Gasteiger charge is 2.30. The smallest absolute Gasteiger partial charge is 0.317 e. The summed E-state index contributed by atoms with van der Waals surface area (Å²) in [4.78, 5) is 24.8. The van der Waals surface area contributed by atoms with Crippen LogP contribution in [-0.4, -0.2) is 57.0 Å². The van der Waals surface area contributed by atoms with E-state index < -0.39 is 12.2 Å². The van der Waals surface area contributed by atoms with E-state index in [4.69, 9.17) is 5.10 Å². The Morgan fingerprint density at radius 2 is 2.05 bits per heavy atom. The Morgan fingerprint density at radius 3 is 2.69 bits per heavy atom. The van der Waals surface area contributed by atoms with Crippen molar-refractivity contribution in [1.82, 2.24) is 35.1 Å². The fourth-order valence-electron chi connectivity index (χ4n) is 5.01. The van der Waals surface area contributed by atoms with E-state index in [1.54, 1.807) is 25.2 Å². The summed E-state index contributed by atoms with van der Waals surface area (Å²) < 4.78 is 46.9. The number of hydrogen-bond donors (Lipinski definition) is 3. The third-order valence-electron chi connectivity index (χ3n) is 6.90. The second-order valence-electron chi connectivity index (χ2n) is 9.50. The molecule has 0 radical (unpaired) electrons. The van der Waals surface area contributed by atoms with Crippen LogP contribution < -0.4 is 16.0 Å². The van der Waals surface area contributed by atoms with E-state index in [2.05, 4.69) is 21.0 Å². The SMILES string of the molecule is CCCC(CCNC=O)n1nc(Nc2cc(C(F)F)c(-c3cnn(C)c3)cc2F)c2c1CCN(C(=O)NC)C2. The topological polar surface area (TPSA) is 109 Å². The molecule has 0 spiro atoms. The maximum atomic E-state index is 15.4. The zero-order valence-electron chi connectivity index (χ0n) is 22.2. The van der Waals surface area contributed by atoms with Gasteiger partial charge in [-0.25, -0.2) is 18.0 Å². The average molecular weight is 547 g/mol. The first-order valence-electron chi connectivity index (χ1n) is 12.9. The molecule has 1 aliphatic heterocycles. The lowest BCUT2D eigenvalue weighted by molar-refractivity contribution is -0.109. The van der Waals surface area contributed by atoms with E-state index in [0.717, 1.165) is 30.7 Å². The number of carbonyl (C=O) groups excluding carboxylic acids is 2. The number of nitrogens with one attached hydrogen (secondary N) is 3. The molecule has 1 aromatic carbocycles. The number of hydrogen-bond acceptors (Lipinski definition) is 5. The number of benzene rings is 1. The average Bonchev–Trinajstić information content (AvgIpc) is 3.51. The zero-order chi connectivity index (χ0) is 28.1. The van der Waals surface area contributed by atoms with Crippen molar-refractivity contribution < 1.29 is 22.8 Å². The van der Waals surface area contributed by atoms with Crippen molar-refractivity contribution in [1.29, 1.82) is 0 Å². The van der Waals surface area contributed by atoms with Crippen LogP contribution in [0.3, 0.4) is 0 Å². The molecule has 2 aromatic heterocycles. The summed E-state index contributed by atoms with van der Waals surface area (Å²) in [6.07, 6.45) is 3.56. The summed E-state index contributed by atoms with van der Waals surface area (Å²) in [5, 5.41) is 17.0. The van der Waals surface area contributed by atoms with Gasteiger partial charge < -0.3 is 20.9 Å². The summed E-state index contributed by atoms with van der Waals surface area (Å²) in [7, 11) is 3.20. The highest BCUT2D eigenvalue weighted by Crippen LogP contribution is 2.37. The van der Waals surface area contributed by atoms with Gasteiger partial charge in [-0.1, -0.05) is 13.3 Å². The second kappa shape index (κ2) is 12.2. The Kier molecular flexibility index (Phi) is 8.77. The van der Waals surface area contributed by atoms with E-state index in [1.807, 2.05) is 11.6 Å². The van der Waals surface area contributed by atoms with Gasteiger partial charge in [0, 0.05) is 62.2 Å². The molecule has 0 saturated heterocycles. The van der Waals surface area contributed by atoms with Crippen LogP contribution in [-0.2, 0) is 24.8 Å². The molecule has 3 amide bonds. The maximum Gasteiger partial charge on any atom is 0.317 e. The molecule has 0 aliphatic carbocycles. The number of anilines is 2. The zero-order valence-corrected chi connectivity index (χ0v) is 22.2. The van der Waals surface area contributed by atoms with Crippen LogP contribution in [0, 0.1) is 5.82 Å². The number of aromatic nitrogens is 4. The van der Waals surface area contributed by atoms with Crippen molar-refractivity contribution in [3.63, 3.8) is 0 Å². The first kappa shape index (κ1) is 28.0. The van der Waals surface area contributed by atoms with Crippen LogP contribution in [0.4, 0.5) is 29.5 Å². The van der Waals surface area contributed by atoms with Gasteiger partial charge in [0.2, 0.25) is 6.41 Å². The third kappa shape index (κ3) is 6.02. The summed E-state index contributed by atoms with van der Waals surface area (Å²) in [6.45, 7) is 3.19. The van der Waals surface area contributed by atoms with E-state index in [1.165, 1.54) is 10.9 Å². The van der Waals surface area contributed by atoms with E-state index in [-0.39, 0.29) is 35.4 Å². The van der Waals surface area contributed by atoms with Gasteiger partial charge in [0.1, 0.15) is 5.82 Å². The summed E-state index contributed by atoms with van der Waals surface area (Å²) >= 11 is 0. The van der Waals surface area contributed by atoms with Gasteiger partial charge in [0.15, 0.2) is 5.82 Å². The molecule has 13 heteroatoms. The summed E-state index contributed by atoms with van der Waals surface area (Å²) in [5.41, 5.74) is 1.55. The number of rotatable bonds is 11. The summed E-state index contributed by atoms with van der Waals surface area (Å²) in [5.74, 6) is -0.419. The fourth-order valence-corrected chi connectivity index (χ4v) is 5.01. The predicted octanol–water partition coefficient (Wildman–Crippen LogP) is 4.28. The molecule has 0 fully saturated rings. The van der Waals surface area contributed by atoms with Gasteiger partial charge in [-0.15, -0.1) is 0 Å². The number of carbonyl (C=O) groups is 2. The highest BCUT2D eigenvalue weighted by atomic mass is 19.3. The molecule has 3 aromatic rings. The fraction of sp³-hybridized carbons (Fsp3) is 0.462. The minimum Gasteiger partial charge on any atom is -0.359 e. The lowest BCUT2D eigenvalue weighted by Crippen LogP contribution is -2.41. The first-order chi connectivity index (χ1) is 18.8. The molecule has 0 bridgehead atoms. The normalized spacial score (nSPS) is 13.8. The largest absolute Gasteiger partial charge is 0.359 e. The van der Waals surface area contributed by atoms with Gasteiger partial charge in [-0.3, -0.25) is 14.2 Å². The quantitative estimate of drug-likeness (QED) is 0.246. The molecule has 10 nitrogen and oxygen atoms in total. The highest BCUT2D eigenvalue weighted by molar-refractivity contribution is 5.75. The number of halogens is 3. The Bertz CT molecular complexity index is 1320. The lowest BCUT2D eigenvalue weighted by Gasteiger charge is -2.28. The molecule has 4 rings (SSSR count). The van der Waals surface area contributed by atoms with Crippen molar-refractivity contribution in [3.8, 4) is 11.1 Å². The van der Waals surface area contributed by atoms with Crippen molar-refractivity contribution in [3.05, 3.63) is 47.2 Å². The lowest BCUT2D eigenvalue weighted by atomic mass is 10.0. The molecule has 0 saturated carbocycles. The Balaban J connectivity index is 1.76. The number of aryl methyl sites for hydroxylation is 1. The maximum absolute atomic E-state index is 15.4. The monoisotopic (exact) mass is 546 g/mol. The number of amides is 3. The molecule has 3 N–H and O–H groups in total. The van der Waals surface area contributed by atoms with Crippen LogP contribution in [0.5, 0.6) is 0 Å². The van der Waals surface area contributed by atoms with Crippen LogP contribution in [0.2, 0.25) is 0 Å². The van der Waals surface area contributed by atoms with Gasteiger partial charge in [-0.2, -0.15) is 10.2 Å². The number of urea groups is 1. The Hall–Kier alpha value is -4.03. The van der Waals surface area contributed by atoms with Crippen LogP contribution >= 0.6 is 0 Å². The second-order valence-corrected chi connectivity index (χ2v) is 9.50. The van der Waals surface area contributed by atoms with E-state index >= 15 is 4.39 Å². The summed E-state index contributed by atoms with van der Waals surface area (Å²) in [6, 6.07) is 1.87. The van der Waals surface area contributed by atoms with Crippen LogP contribution in [0.15, 0.2) is 24.5 Å². The van der Waals surface area contributed by atoms with Crippen molar-refractivity contribution in [2.45, 2.75) is 51.6 Å². The minimum atomic E-state index is -2.85. The van der Waals surface area contributed by atoms with Crippen molar-refractivity contribution >= 4 is 23.9 Å². The standard InChI is InChI=1S/C26H33F3N8O2/c1-4-5-17(6-8-31-15-38)37-23-7-9-36(26(39)30-2)14-20(23)25(34-37)33-22-11-19(24(28)29)18(10-21(22)27)16-12-32-35(3)13-16/h10-13,15,17,24H,4-9,14H2,1-3H3,(H,30,39)(H,31,38)(H,33,34). The van der Waals surface area contributed by atoms with Crippen LogP contribution in [0.1, 0.15) is 55.5 Å². The Morgan fingerprint density at radius 1 is 1.26 bits per heavy atom. The van der Waals surface area contributed by atoms with Gasteiger partial charge >= 0.3 is 6.03 Å². The van der Waals surface area contributed by atoms with Crippen LogP contribution in [0.25, 0.3) is 11.1 Å². The molecule has 1 unspecified atom stereocenters. The van der Waals surface area contributed by atoms with Crippen molar-refractivity contribution in [2.24, 2.45) is 7.05 Å². The number of nitrogens with zero attached hydrogens (tertiary/aromatic N) is 5. The molecule has 210 valence electrons. The molecular weight excluding hydrogens is 513 g/mol.